The third kappa shape index (κ3) is 2.99. The van der Waals surface area contributed by atoms with E-state index in [1.807, 2.05) is 6.92 Å². The lowest BCUT2D eigenvalue weighted by molar-refractivity contribution is -0.127. The molecule has 0 aromatic rings. The van der Waals surface area contributed by atoms with Crippen molar-refractivity contribution >= 4 is 5.91 Å². The standard InChI is InChI=1S/C13H24N2O2/c1-8-4-5-12(9(2)14-8)15-13(16)11-6-7-17-10(11)3/h8-12,14H,4-7H2,1-3H3,(H,15,16). The molecule has 0 aromatic heterocycles. The van der Waals surface area contributed by atoms with Crippen LogP contribution in [-0.4, -0.2) is 36.7 Å². The van der Waals surface area contributed by atoms with E-state index >= 15 is 0 Å². The third-order valence-corrected chi connectivity index (χ3v) is 4.10. The Morgan fingerprint density at radius 3 is 2.59 bits per heavy atom. The largest absolute Gasteiger partial charge is 0.378 e. The summed E-state index contributed by atoms with van der Waals surface area (Å²) < 4.78 is 5.44. The molecular weight excluding hydrogens is 216 g/mol. The summed E-state index contributed by atoms with van der Waals surface area (Å²) in [5, 5.41) is 6.67. The van der Waals surface area contributed by atoms with E-state index in [4.69, 9.17) is 4.74 Å². The highest BCUT2D eigenvalue weighted by molar-refractivity contribution is 5.79. The number of ether oxygens (including phenoxy) is 1. The summed E-state index contributed by atoms with van der Waals surface area (Å²) in [5.74, 6) is 0.213. The SMILES string of the molecule is CC1CCC(NC(=O)C2CCOC2C)C(C)N1. The lowest BCUT2D eigenvalue weighted by Gasteiger charge is -2.35. The van der Waals surface area contributed by atoms with Crippen LogP contribution in [0.4, 0.5) is 0 Å². The Kier molecular flexibility index (Phi) is 4.05. The molecule has 2 rings (SSSR count). The minimum atomic E-state index is 0.0431. The maximum atomic E-state index is 12.1. The molecule has 5 unspecified atom stereocenters. The molecular formula is C13H24N2O2. The lowest BCUT2D eigenvalue weighted by atomic mass is 9.94. The number of amides is 1. The molecule has 0 bridgehead atoms. The Balaban J connectivity index is 1.86. The Bertz CT molecular complexity index is 283. The van der Waals surface area contributed by atoms with Crippen molar-refractivity contribution in [2.75, 3.05) is 6.61 Å². The first-order valence-electron chi connectivity index (χ1n) is 6.76. The van der Waals surface area contributed by atoms with E-state index in [-0.39, 0.29) is 24.0 Å². The van der Waals surface area contributed by atoms with E-state index in [0.717, 1.165) is 25.9 Å². The zero-order valence-electron chi connectivity index (χ0n) is 11.0. The number of piperidine rings is 1. The van der Waals surface area contributed by atoms with Crippen molar-refractivity contribution in [1.82, 2.24) is 10.6 Å². The van der Waals surface area contributed by atoms with Gasteiger partial charge < -0.3 is 15.4 Å². The van der Waals surface area contributed by atoms with Gasteiger partial charge in [-0.1, -0.05) is 0 Å². The van der Waals surface area contributed by atoms with E-state index in [1.54, 1.807) is 0 Å². The first kappa shape index (κ1) is 12.8. The molecule has 2 saturated heterocycles. The molecule has 0 radical (unpaired) electrons. The summed E-state index contributed by atoms with van der Waals surface area (Å²) in [4.78, 5) is 12.1. The molecule has 2 aliphatic rings. The predicted octanol–water partition coefficient (Wildman–Crippen LogP) is 1.06. The first-order valence-corrected chi connectivity index (χ1v) is 6.76. The molecule has 0 saturated carbocycles. The van der Waals surface area contributed by atoms with Gasteiger partial charge in [-0.05, 0) is 40.0 Å². The van der Waals surface area contributed by atoms with Crippen molar-refractivity contribution < 1.29 is 9.53 Å². The van der Waals surface area contributed by atoms with Crippen LogP contribution in [0.2, 0.25) is 0 Å². The minimum absolute atomic E-state index is 0.0431. The molecule has 98 valence electrons. The second-order valence-electron chi connectivity index (χ2n) is 5.52. The summed E-state index contributed by atoms with van der Waals surface area (Å²) in [5.41, 5.74) is 0. The average molecular weight is 240 g/mol. The van der Waals surface area contributed by atoms with E-state index in [1.165, 1.54) is 0 Å². The fourth-order valence-electron chi connectivity index (χ4n) is 2.89. The van der Waals surface area contributed by atoms with Crippen LogP contribution >= 0.6 is 0 Å². The molecule has 2 aliphatic heterocycles. The molecule has 0 aliphatic carbocycles. The van der Waals surface area contributed by atoms with Crippen LogP contribution < -0.4 is 10.6 Å². The zero-order valence-corrected chi connectivity index (χ0v) is 11.0. The van der Waals surface area contributed by atoms with Gasteiger partial charge >= 0.3 is 0 Å². The maximum Gasteiger partial charge on any atom is 0.226 e. The van der Waals surface area contributed by atoms with Gasteiger partial charge in [-0.25, -0.2) is 0 Å². The van der Waals surface area contributed by atoms with Crippen LogP contribution in [0.1, 0.15) is 40.0 Å². The maximum absolute atomic E-state index is 12.1. The minimum Gasteiger partial charge on any atom is -0.378 e. The van der Waals surface area contributed by atoms with Crippen molar-refractivity contribution in [1.29, 1.82) is 0 Å². The van der Waals surface area contributed by atoms with Gasteiger partial charge in [0.2, 0.25) is 5.91 Å². The Morgan fingerprint density at radius 1 is 1.24 bits per heavy atom. The number of carbonyl (C=O) groups excluding carboxylic acids is 1. The van der Waals surface area contributed by atoms with E-state index in [2.05, 4.69) is 24.5 Å². The molecule has 2 heterocycles. The fraction of sp³-hybridized carbons (Fsp3) is 0.923. The smallest absolute Gasteiger partial charge is 0.226 e. The fourth-order valence-corrected chi connectivity index (χ4v) is 2.89. The topological polar surface area (TPSA) is 50.4 Å². The van der Waals surface area contributed by atoms with Gasteiger partial charge in [0.15, 0.2) is 0 Å². The van der Waals surface area contributed by atoms with Gasteiger partial charge in [-0.2, -0.15) is 0 Å². The second-order valence-corrected chi connectivity index (χ2v) is 5.52. The summed E-state index contributed by atoms with van der Waals surface area (Å²) in [7, 11) is 0. The lowest BCUT2D eigenvalue weighted by Crippen LogP contribution is -2.56. The van der Waals surface area contributed by atoms with Crippen LogP contribution in [0, 0.1) is 5.92 Å². The molecule has 5 atom stereocenters. The van der Waals surface area contributed by atoms with Crippen molar-refractivity contribution in [3.8, 4) is 0 Å². The molecule has 2 N–H and O–H groups in total. The number of carbonyl (C=O) groups is 1. The summed E-state index contributed by atoms with van der Waals surface area (Å²) in [6.45, 7) is 7.05. The molecule has 0 spiro atoms. The molecule has 4 nitrogen and oxygen atoms in total. The third-order valence-electron chi connectivity index (χ3n) is 4.10. The van der Waals surface area contributed by atoms with Crippen molar-refractivity contribution in [2.24, 2.45) is 5.92 Å². The molecule has 0 aromatic carbocycles. The summed E-state index contributed by atoms with van der Waals surface area (Å²) in [6, 6.07) is 1.19. The van der Waals surface area contributed by atoms with Gasteiger partial charge in [-0.3, -0.25) is 4.79 Å². The molecule has 17 heavy (non-hydrogen) atoms. The van der Waals surface area contributed by atoms with Crippen molar-refractivity contribution in [3.05, 3.63) is 0 Å². The van der Waals surface area contributed by atoms with Gasteiger partial charge in [0.05, 0.1) is 12.0 Å². The molecule has 1 amide bonds. The second kappa shape index (κ2) is 5.36. The van der Waals surface area contributed by atoms with Crippen LogP contribution in [0.5, 0.6) is 0 Å². The van der Waals surface area contributed by atoms with Gasteiger partial charge in [0.25, 0.3) is 0 Å². The van der Waals surface area contributed by atoms with E-state index < -0.39 is 0 Å². The van der Waals surface area contributed by atoms with Crippen LogP contribution in [0.25, 0.3) is 0 Å². The normalized spacial score (nSPS) is 42.4. The number of hydrogen-bond donors (Lipinski definition) is 2. The number of rotatable bonds is 2. The molecule has 2 fully saturated rings. The zero-order chi connectivity index (χ0) is 12.4. The monoisotopic (exact) mass is 240 g/mol. The van der Waals surface area contributed by atoms with Gasteiger partial charge in [-0.15, -0.1) is 0 Å². The van der Waals surface area contributed by atoms with E-state index in [9.17, 15) is 4.79 Å². The predicted molar refractivity (Wildman–Crippen MR) is 66.7 cm³/mol. The Hall–Kier alpha value is -0.610. The van der Waals surface area contributed by atoms with Crippen LogP contribution in [-0.2, 0) is 9.53 Å². The summed E-state index contributed by atoms with van der Waals surface area (Å²) >= 11 is 0. The Morgan fingerprint density at radius 2 is 2.00 bits per heavy atom. The van der Waals surface area contributed by atoms with E-state index in [0.29, 0.717) is 12.1 Å². The highest BCUT2D eigenvalue weighted by Crippen LogP contribution is 2.21. The first-order chi connectivity index (χ1) is 8.08. The van der Waals surface area contributed by atoms with Gasteiger partial charge in [0.1, 0.15) is 0 Å². The van der Waals surface area contributed by atoms with Crippen molar-refractivity contribution in [2.45, 2.75) is 64.3 Å². The van der Waals surface area contributed by atoms with Gasteiger partial charge in [0, 0.05) is 24.7 Å². The Labute approximate surface area is 103 Å². The van der Waals surface area contributed by atoms with Crippen LogP contribution in [0.15, 0.2) is 0 Å². The van der Waals surface area contributed by atoms with Crippen LogP contribution in [0.3, 0.4) is 0 Å². The number of nitrogens with one attached hydrogen (secondary N) is 2. The highest BCUT2D eigenvalue weighted by Gasteiger charge is 2.33. The quantitative estimate of drug-likeness (QED) is 0.759. The number of hydrogen-bond acceptors (Lipinski definition) is 3. The highest BCUT2D eigenvalue weighted by atomic mass is 16.5. The van der Waals surface area contributed by atoms with Crippen molar-refractivity contribution in [3.63, 3.8) is 0 Å². The average Bonchev–Trinajstić information content (AvgIpc) is 2.68. The molecule has 4 heteroatoms. The summed E-state index contributed by atoms with van der Waals surface area (Å²) in [6.07, 6.45) is 3.13.